The topological polar surface area (TPSA) is 9.49 Å². The van der Waals surface area contributed by atoms with Crippen molar-refractivity contribution in [3.63, 3.8) is 0 Å². The number of halogens is 6. The van der Waals surface area contributed by atoms with Crippen LogP contribution in [0.25, 0.3) is 28.4 Å². The van der Waals surface area contributed by atoms with Crippen molar-refractivity contribution < 1.29 is 25.2 Å². The average molecular weight is 733 g/mol. The van der Waals surface area contributed by atoms with Crippen LogP contribution < -0.4 is 14.8 Å². The number of likely N-dealkylation sites (tertiary alicyclic amines) is 1. The van der Waals surface area contributed by atoms with Gasteiger partial charge in [-0.1, -0.05) is 0 Å². The summed E-state index contributed by atoms with van der Waals surface area (Å²) in [5.74, 6) is 0. The van der Waals surface area contributed by atoms with Crippen molar-refractivity contribution in [3.05, 3.63) is 58.8 Å². The van der Waals surface area contributed by atoms with Gasteiger partial charge >= 0.3 is 250 Å². The van der Waals surface area contributed by atoms with Crippen LogP contribution in [0.2, 0.25) is 0 Å². The molecule has 0 bridgehead atoms. The van der Waals surface area contributed by atoms with E-state index in [0.717, 1.165) is 18.1 Å². The minimum absolute atomic E-state index is 0.469. The number of anilines is 1. The summed E-state index contributed by atoms with van der Waals surface area (Å²) in [5.41, 5.74) is 4.07. The van der Waals surface area contributed by atoms with Crippen molar-refractivity contribution in [3.8, 4) is 19.6 Å². The van der Waals surface area contributed by atoms with Crippen LogP contribution in [-0.2, 0) is 0 Å². The molecule has 0 saturated carbocycles. The summed E-state index contributed by atoms with van der Waals surface area (Å²) < 4.78 is 64.5. The molecule has 40 heavy (non-hydrogen) atoms. The van der Waals surface area contributed by atoms with E-state index in [-0.39, 0.29) is 0 Å². The van der Waals surface area contributed by atoms with Gasteiger partial charge in [-0.25, -0.2) is 0 Å². The van der Waals surface area contributed by atoms with Crippen LogP contribution in [0.5, 0.6) is 0 Å². The zero-order chi connectivity index (χ0) is 29.5. The Kier molecular flexibility index (Phi) is 8.47. The number of piperidine rings is 1. The van der Waals surface area contributed by atoms with Gasteiger partial charge in [0.1, 0.15) is 0 Å². The summed E-state index contributed by atoms with van der Waals surface area (Å²) in [5, 5.41) is 2.69. The Labute approximate surface area is 248 Å². The van der Waals surface area contributed by atoms with Gasteiger partial charge in [0, 0.05) is 0 Å². The number of hydrogen-bond acceptors (Lipinski definition) is 3. The fraction of sp³-hybridized carbons (Fsp3) is 0.333. The number of hydrogen-bond donors (Lipinski definition) is 0. The van der Waals surface area contributed by atoms with Crippen LogP contribution in [0, 0.1) is 0 Å². The summed E-state index contributed by atoms with van der Waals surface area (Å²) in [4.78, 5) is 8.20. The summed E-state index contributed by atoms with van der Waals surface area (Å²) in [6.07, 6.45) is 3.83. The predicted octanol–water partition coefficient (Wildman–Crippen LogP) is 8.37. The molecule has 218 valence electrons. The van der Waals surface area contributed by atoms with E-state index in [2.05, 4.69) is 91.1 Å². The second kappa shape index (κ2) is 10.9. The molecule has 1 aromatic heterocycles. The summed E-state index contributed by atoms with van der Waals surface area (Å²) >= 11 is 7.32. The molecule has 0 radical (unpaired) electrons. The van der Waals surface area contributed by atoms with Gasteiger partial charge in [0.15, 0.2) is 0 Å². The summed E-state index contributed by atoms with van der Waals surface area (Å²) in [7, 11) is -2.15. The van der Waals surface area contributed by atoms with E-state index < -0.39 is 28.2 Å². The molecule has 3 aliphatic rings. The Morgan fingerprint density at radius 3 is 2.17 bits per heavy atom. The standard InChI is InChI=1S/C27H30N3S2Te.F6P/c1-28(2)18-8-10-20-24(16-18)33-25-17-19(29(3)4)9-11-21(25)26(20)22-12-13-23(32-22)27(31)30-14-6-5-7-15-30;1-7(2,3,4,5)6/h8-13,16-17H,5-7,14-15H2,1-4H3;/q+1;-1. The van der Waals surface area contributed by atoms with E-state index >= 15 is 0 Å². The number of nitrogens with zero attached hydrogens (tertiary/aromatic N) is 3. The van der Waals surface area contributed by atoms with Crippen LogP contribution >= 0.6 is 31.4 Å². The molecule has 1 fully saturated rings. The monoisotopic (exact) mass is 735 g/mol. The first kappa shape index (κ1) is 31.2. The Morgan fingerprint density at radius 2 is 1.57 bits per heavy atom. The minimum atomic E-state index is -10.7. The average Bonchev–Trinajstić information content (AvgIpc) is 3.34. The van der Waals surface area contributed by atoms with Gasteiger partial charge < -0.3 is 0 Å². The normalized spacial score (nSPS) is 15.7. The van der Waals surface area contributed by atoms with Crippen molar-refractivity contribution in [2.75, 3.05) is 46.2 Å². The molecule has 1 aliphatic carbocycles. The molecule has 0 N–H and O–H groups in total. The van der Waals surface area contributed by atoms with Gasteiger partial charge in [-0.05, 0) is 0 Å². The van der Waals surface area contributed by atoms with Gasteiger partial charge in [0.2, 0.25) is 0 Å². The molecule has 2 aromatic rings. The molecular formula is C27H30F6N3PS2Te. The van der Waals surface area contributed by atoms with Gasteiger partial charge in [-0.15, -0.1) is 0 Å². The molecule has 5 rings (SSSR count). The van der Waals surface area contributed by atoms with Crippen LogP contribution in [-0.4, -0.2) is 71.6 Å². The zero-order valence-corrected chi connectivity index (χ0v) is 27.3. The van der Waals surface area contributed by atoms with Crippen LogP contribution in [0.15, 0.2) is 48.5 Å². The van der Waals surface area contributed by atoms with Gasteiger partial charge in [-0.2, -0.15) is 0 Å². The maximum absolute atomic E-state index is 10.7. The van der Waals surface area contributed by atoms with Gasteiger partial charge in [0.25, 0.3) is 0 Å². The molecule has 0 atom stereocenters. The number of benzene rings is 2. The maximum atomic E-state index is 9.87. The molecule has 0 spiro atoms. The number of fused-ring (bicyclic) bond motifs is 2. The van der Waals surface area contributed by atoms with Crippen molar-refractivity contribution >= 4 is 71.3 Å². The second-order valence-electron chi connectivity index (χ2n) is 10.1. The van der Waals surface area contributed by atoms with Crippen molar-refractivity contribution in [2.45, 2.75) is 19.3 Å². The Hall–Kier alpha value is -1.70. The van der Waals surface area contributed by atoms with E-state index in [4.69, 9.17) is 12.2 Å². The number of thiocarbonyl (C=S) groups is 1. The Balaban J connectivity index is 0.000000470. The predicted molar refractivity (Wildman–Crippen MR) is 163 cm³/mol. The third kappa shape index (κ3) is 8.42. The number of thiophene rings is 1. The van der Waals surface area contributed by atoms with Crippen molar-refractivity contribution in [1.82, 2.24) is 9.48 Å². The Morgan fingerprint density at radius 1 is 0.925 bits per heavy atom. The van der Waals surface area contributed by atoms with Gasteiger partial charge in [-0.3, -0.25) is 0 Å². The fourth-order valence-electron chi connectivity index (χ4n) is 4.53. The van der Waals surface area contributed by atoms with Gasteiger partial charge in [0.05, 0.1) is 0 Å². The van der Waals surface area contributed by atoms with E-state index in [0.29, 0.717) is 0 Å². The molecule has 0 amide bonds. The molecule has 1 aromatic carbocycles. The summed E-state index contributed by atoms with van der Waals surface area (Å²) in [6, 6.07) is 18.6. The van der Waals surface area contributed by atoms with Crippen molar-refractivity contribution in [1.29, 1.82) is 0 Å². The fourth-order valence-corrected chi connectivity index (χ4v) is 9.25. The van der Waals surface area contributed by atoms with Crippen LogP contribution in [0.3, 0.4) is 0 Å². The van der Waals surface area contributed by atoms with Crippen LogP contribution in [0.4, 0.5) is 30.9 Å². The third-order valence-electron chi connectivity index (χ3n) is 6.43. The third-order valence-corrected chi connectivity index (χ3v) is 11.3. The molecule has 0 unspecified atom stereocenters. The molecular weight excluding hydrogens is 703 g/mol. The molecule has 13 heteroatoms. The molecule has 3 nitrogen and oxygen atoms in total. The SMILES string of the molecule is CN(C)c1ccc2c(-c3ccc(C(=S)N4CCCCC4)s3)c3ccc(=[N+](C)C)cc-3[te]c2c1.F[P-](F)(F)(F)(F)F. The molecule has 3 heterocycles. The summed E-state index contributed by atoms with van der Waals surface area (Å²) in [6.45, 7) is 2.19. The van der Waals surface area contributed by atoms with E-state index in [1.807, 2.05) is 11.3 Å². The Bertz CT molecular complexity index is 1590. The molecule has 1 saturated heterocycles. The second-order valence-corrected chi connectivity index (χ2v) is 16.6. The zero-order valence-electron chi connectivity index (χ0n) is 22.4. The van der Waals surface area contributed by atoms with E-state index in [9.17, 15) is 25.2 Å². The van der Waals surface area contributed by atoms with E-state index in [1.54, 1.807) is 0 Å². The number of rotatable bonds is 3. The first-order valence-corrected chi connectivity index (χ1v) is 18.1. The molecule has 2 aliphatic heterocycles. The van der Waals surface area contributed by atoms with Crippen molar-refractivity contribution in [2.24, 2.45) is 0 Å². The first-order valence-electron chi connectivity index (χ1n) is 12.5. The van der Waals surface area contributed by atoms with Crippen LogP contribution in [0.1, 0.15) is 24.1 Å². The quantitative estimate of drug-likeness (QED) is 0.0524. The van der Waals surface area contributed by atoms with E-state index in [1.165, 1.54) is 63.6 Å². The first-order chi connectivity index (χ1) is 18.4.